The van der Waals surface area contributed by atoms with Crippen LogP contribution in [0.1, 0.15) is 30.4 Å². The minimum atomic E-state index is -2.67. The highest BCUT2D eigenvalue weighted by Crippen LogP contribution is 2.30. The van der Waals surface area contributed by atoms with Gasteiger partial charge in [-0.3, -0.25) is 0 Å². The van der Waals surface area contributed by atoms with E-state index in [2.05, 4.69) is 5.32 Å². The van der Waals surface area contributed by atoms with Gasteiger partial charge in [-0.05, 0) is 43.5 Å². The lowest BCUT2D eigenvalue weighted by Gasteiger charge is -2.15. The number of ether oxygens (including phenoxy) is 1. The minimum Gasteiger partial charge on any atom is -0.493 e. The van der Waals surface area contributed by atoms with Crippen molar-refractivity contribution < 1.29 is 17.9 Å². The summed E-state index contributed by atoms with van der Waals surface area (Å²) in [5.74, 6) is -0.642. The lowest BCUT2D eigenvalue weighted by atomic mass is 10.0. The Labute approximate surface area is 104 Å². The van der Waals surface area contributed by atoms with E-state index in [1.54, 1.807) is 0 Å². The molecular weight excluding hydrogens is 243 g/mol. The van der Waals surface area contributed by atoms with Gasteiger partial charge < -0.3 is 10.1 Å². The fourth-order valence-electron chi connectivity index (χ4n) is 2.38. The molecule has 0 amide bonds. The summed E-state index contributed by atoms with van der Waals surface area (Å²) in [6, 6.07) is 2.40. The first kappa shape index (κ1) is 13.2. The van der Waals surface area contributed by atoms with Crippen molar-refractivity contribution in [2.45, 2.75) is 31.7 Å². The highest BCUT2D eigenvalue weighted by atomic mass is 19.3. The van der Waals surface area contributed by atoms with Crippen LogP contribution in [-0.2, 0) is 6.42 Å². The molecule has 1 N–H and O–H groups in total. The van der Waals surface area contributed by atoms with Crippen LogP contribution in [0, 0.1) is 5.82 Å². The molecule has 1 aliphatic heterocycles. The topological polar surface area (TPSA) is 21.3 Å². The number of nitrogens with one attached hydrogen (secondary N) is 1. The van der Waals surface area contributed by atoms with E-state index in [1.807, 2.05) is 0 Å². The van der Waals surface area contributed by atoms with Gasteiger partial charge in [0.1, 0.15) is 0 Å². The van der Waals surface area contributed by atoms with Crippen LogP contribution in [0.5, 0.6) is 5.75 Å². The summed E-state index contributed by atoms with van der Waals surface area (Å²) in [6.07, 6.45) is -0.116. The number of rotatable bonds is 4. The number of hydrogen-bond donors (Lipinski definition) is 1. The van der Waals surface area contributed by atoms with Crippen LogP contribution in [0.15, 0.2) is 12.1 Å². The maximum absolute atomic E-state index is 13.7. The zero-order valence-electron chi connectivity index (χ0n) is 10.2. The van der Waals surface area contributed by atoms with Gasteiger partial charge in [-0.25, -0.2) is 13.2 Å². The van der Waals surface area contributed by atoms with Crippen molar-refractivity contribution in [3.63, 3.8) is 0 Å². The highest BCUT2D eigenvalue weighted by molar-refractivity contribution is 5.40. The van der Waals surface area contributed by atoms with Crippen LogP contribution < -0.4 is 10.1 Å². The second-order valence-electron chi connectivity index (χ2n) is 4.49. The molecule has 1 aromatic rings. The predicted octanol–water partition coefficient (Wildman–Crippen LogP) is 3.07. The van der Waals surface area contributed by atoms with E-state index in [-0.39, 0.29) is 17.4 Å². The van der Waals surface area contributed by atoms with Gasteiger partial charge >= 0.3 is 0 Å². The smallest absolute Gasteiger partial charge is 0.263 e. The van der Waals surface area contributed by atoms with Crippen molar-refractivity contribution in [2.75, 3.05) is 13.7 Å². The summed E-state index contributed by atoms with van der Waals surface area (Å²) >= 11 is 0. The molecule has 1 aromatic carbocycles. The van der Waals surface area contributed by atoms with Gasteiger partial charge in [0.25, 0.3) is 6.43 Å². The average molecular weight is 259 g/mol. The summed E-state index contributed by atoms with van der Waals surface area (Å²) in [6.45, 7) is 0.921. The zero-order chi connectivity index (χ0) is 13.1. The first-order chi connectivity index (χ1) is 8.61. The molecule has 1 unspecified atom stereocenters. The monoisotopic (exact) mass is 259 g/mol. The van der Waals surface area contributed by atoms with Crippen LogP contribution in [0.2, 0.25) is 0 Å². The quantitative estimate of drug-likeness (QED) is 0.897. The summed E-state index contributed by atoms with van der Waals surface area (Å²) in [7, 11) is 1.35. The van der Waals surface area contributed by atoms with Crippen LogP contribution in [0.25, 0.3) is 0 Å². The van der Waals surface area contributed by atoms with Crippen LogP contribution in [0.3, 0.4) is 0 Å². The Morgan fingerprint density at radius 3 is 2.78 bits per heavy atom. The standard InChI is InChI=1S/C13H16F3NO/c1-18-12-8(6-10-3-2-4-17-10)5-9(13(15)16)7-11(12)14/h5,7,10,13,17H,2-4,6H2,1H3. The van der Waals surface area contributed by atoms with Gasteiger partial charge in [-0.2, -0.15) is 0 Å². The van der Waals surface area contributed by atoms with Crippen molar-refractivity contribution in [2.24, 2.45) is 0 Å². The largest absolute Gasteiger partial charge is 0.493 e. The lowest BCUT2D eigenvalue weighted by molar-refractivity contribution is 0.150. The van der Waals surface area contributed by atoms with Crippen molar-refractivity contribution in [3.05, 3.63) is 29.1 Å². The Morgan fingerprint density at radius 1 is 1.44 bits per heavy atom. The van der Waals surface area contributed by atoms with Crippen LogP contribution >= 0.6 is 0 Å². The molecule has 1 fully saturated rings. The third kappa shape index (κ3) is 2.77. The fourth-order valence-corrected chi connectivity index (χ4v) is 2.38. The molecule has 5 heteroatoms. The zero-order valence-corrected chi connectivity index (χ0v) is 10.2. The van der Waals surface area contributed by atoms with E-state index in [1.165, 1.54) is 13.2 Å². The molecule has 0 bridgehead atoms. The maximum Gasteiger partial charge on any atom is 0.263 e. The normalized spacial score (nSPS) is 19.5. The molecule has 0 aliphatic carbocycles. The molecule has 0 radical (unpaired) electrons. The third-order valence-corrected chi connectivity index (χ3v) is 3.23. The minimum absolute atomic E-state index is 0.0769. The highest BCUT2D eigenvalue weighted by Gasteiger charge is 2.21. The Bertz CT molecular complexity index is 417. The molecule has 2 nitrogen and oxygen atoms in total. The molecule has 0 saturated carbocycles. The van der Waals surface area contributed by atoms with E-state index in [0.29, 0.717) is 12.0 Å². The summed E-state index contributed by atoms with van der Waals surface area (Å²) in [5.41, 5.74) is 0.216. The first-order valence-corrected chi connectivity index (χ1v) is 5.99. The van der Waals surface area contributed by atoms with Gasteiger partial charge in [-0.1, -0.05) is 0 Å². The molecule has 1 atom stereocenters. The first-order valence-electron chi connectivity index (χ1n) is 5.99. The second-order valence-corrected chi connectivity index (χ2v) is 4.49. The molecular formula is C13H16F3NO. The lowest BCUT2D eigenvalue weighted by Crippen LogP contribution is -2.24. The van der Waals surface area contributed by atoms with Crippen molar-refractivity contribution in [1.29, 1.82) is 0 Å². The van der Waals surface area contributed by atoms with Gasteiger partial charge in [-0.15, -0.1) is 0 Å². The molecule has 1 aliphatic rings. The van der Waals surface area contributed by atoms with E-state index >= 15 is 0 Å². The Balaban J connectivity index is 2.29. The summed E-state index contributed by atoms with van der Waals surface area (Å²) in [5, 5.41) is 3.26. The number of alkyl halides is 2. The third-order valence-electron chi connectivity index (χ3n) is 3.23. The van der Waals surface area contributed by atoms with Crippen molar-refractivity contribution >= 4 is 0 Å². The number of hydrogen-bond acceptors (Lipinski definition) is 2. The number of methoxy groups -OCH3 is 1. The maximum atomic E-state index is 13.7. The van der Waals surface area contributed by atoms with E-state index in [4.69, 9.17) is 4.74 Å². The average Bonchev–Trinajstić information content (AvgIpc) is 2.81. The molecule has 2 rings (SSSR count). The molecule has 100 valence electrons. The SMILES string of the molecule is COc1c(F)cc(C(F)F)cc1CC1CCCN1. The van der Waals surface area contributed by atoms with E-state index < -0.39 is 12.2 Å². The fraction of sp³-hybridized carbons (Fsp3) is 0.538. The second kappa shape index (κ2) is 5.61. The van der Waals surface area contributed by atoms with E-state index in [9.17, 15) is 13.2 Å². The summed E-state index contributed by atoms with van der Waals surface area (Å²) in [4.78, 5) is 0. The van der Waals surface area contributed by atoms with Crippen molar-refractivity contribution in [3.8, 4) is 5.75 Å². The Morgan fingerprint density at radius 2 is 2.22 bits per heavy atom. The predicted molar refractivity (Wildman–Crippen MR) is 62.6 cm³/mol. The van der Waals surface area contributed by atoms with Crippen molar-refractivity contribution in [1.82, 2.24) is 5.32 Å². The molecule has 1 heterocycles. The van der Waals surface area contributed by atoms with E-state index in [0.717, 1.165) is 25.5 Å². The Hall–Kier alpha value is -1.23. The molecule has 1 saturated heterocycles. The molecule has 18 heavy (non-hydrogen) atoms. The van der Waals surface area contributed by atoms with Crippen LogP contribution in [0.4, 0.5) is 13.2 Å². The van der Waals surface area contributed by atoms with Gasteiger partial charge in [0.2, 0.25) is 0 Å². The molecule has 0 spiro atoms. The molecule has 0 aromatic heterocycles. The van der Waals surface area contributed by atoms with Crippen LogP contribution in [-0.4, -0.2) is 19.7 Å². The van der Waals surface area contributed by atoms with Gasteiger partial charge in [0.05, 0.1) is 7.11 Å². The van der Waals surface area contributed by atoms with Gasteiger partial charge in [0, 0.05) is 11.6 Å². The number of halogens is 3. The number of benzene rings is 1. The summed E-state index contributed by atoms with van der Waals surface area (Å²) < 4.78 is 43.9. The van der Waals surface area contributed by atoms with Gasteiger partial charge in [0.15, 0.2) is 11.6 Å². The Kier molecular flexibility index (Phi) is 4.11.